The van der Waals surface area contributed by atoms with Crippen LogP contribution in [-0.4, -0.2) is 24.7 Å². The zero-order valence-electron chi connectivity index (χ0n) is 10.0. The van der Waals surface area contributed by atoms with E-state index in [0.29, 0.717) is 6.07 Å². The van der Waals surface area contributed by atoms with E-state index in [1.165, 1.54) is 11.9 Å². The van der Waals surface area contributed by atoms with Gasteiger partial charge in [-0.25, -0.2) is 4.79 Å². The molecule has 0 fully saturated rings. The van der Waals surface area contributed by atoms with Crippen LogP contribution in [0.1, 0.15) is 22.3 Å². The second kappa shape index (κ2) is 5.61. The third kappa shape index (κ3) is 3.61. The van der Waals surface area contributed by atoms with Crippen molar-refractivity contribution >= 4 is 11.7 Å². The molecule has 19 heavy (non-hydrogen) atoms. The Morgan fingerprint density at radius 3 is 2.58 bits per heavy atom. The lowest BCUT2D eigenvalue weighted by Gasteiger charge is -2.22. The Morgan fingerprint density at radius 2 is 2.11 bits per heavy atom. The monoisotopic (exact) mass is 272 g/mol. The van der Waals surface area contributed by atoms with Gasteiger partial charge in [0.15, 0.2) is 0 Å². The molecule has 0 aliphatic heterocycles. The zero-order chi connectivity index (χ0) is 14.6. The summed E-state index contributed by atoms with van der Waals surface area (Å²) in [6, 6.07) is 4.64. The summed E-state index contributed by atoms with van der Waals surface area (Å²) in [5.41, 5.74) is -1.59. The molecule has 102 valence electrons. The minimum atomic E-state index is -4.65. The van der Waals surface area contributed by atoms with Crippen molar-refractivity contribution in [1.29, 1.82) is 5.26 Å². The number of carbonyl (C=O) groups is 1. The molecule has 0 amide bonds. The van der Waals surface area contributed by atoms with Crippen molar-refractivity contribution < 1.29 is 23.1 Å². The topological polar surface area (TPSA) is 64.3 Å². The lowest BCUT2D eigenvalue weighted by molar-refractivity contribution is -0.137. The van der Waals surface area contributed by atoms with Gasteiger partial charge in [-0.05, 0) is 18.2 Å². The lowest BCUT2D eigenvalue weighted by atomic mass is 10.1. The molecule has 0 saturated carbocycles. The molecule has 1 aromatic carbocycles. The van der Waals surface area contributed by atoms with E-state index in [0.717, 1.165) is 12.1 Å². The van der Waals surface area contributed by atoms with Gasteiger partial charge in [0.1, 0.15) is 0 Å². The number of aromatic carboxylic acids is 1. The van der Waals surface area contributed by atoms with E-state index in [-0.39, 0.29) is 18.7 Å². The number of halogens is 3. The Bertz CT molecular complexity index is 521. The first kappa shape index (κ1) is 14.8. The third-order valence-electron chi connectivity index (χ3n) is 2.52. The highest BCUT2D eigenvalue weighted by Crippen LogP contribution is 2.37. The first-order valence-corrected chi connectivity index (χ1v) is 5.30. The molecular formula is C12H11F3N2O2. The molecule has 0 radical (unpaired) electrons. The molecule has 1 aromatic rings. The predicted octanol–water partition coefficient (Wildman–Crippen LogP) is 2.75. The van der Waals surface area contributed by atoms with Crippen molar-refractivity contribution in [3.63, 3.8) is 0 Å². The van der Waals surface area contributed by atoms with E-state index < -0.39 is 23.3 Å². The molecule has 0 aromatic heterocycles. The molecule has 4 nitrogen and oxygen atoms in total. The summed E-state index contributed by atoms with van der Waals surface area (Å²) in [7, 11) is 1.42. The van der Waals surface area contributed by atoms with Gasteiger partial charge < -0.3 is 10.0 Å². The van der Waals surface area contributed by atoms with Gasteiger partial charge in [-0.3, -0.25) is 0 Å². The number of hydrogen-bond acceptors (Lipinski definition) is 3. The number of nitriles is 1. The minimum Gasteiger partial charge on any atom is -0.478 e. The van der Waals surface area contributed by atoms with Crippen molar-refractivity contribution in [1.82, 2.24) is 0 Å². The van der Waals surface area contributed by atoms with Crippen LogP contribution >= 0.6 is 0 Å². The van der Waals surface area contributed by atoms with E-state index >= 15 is 0 Å². The van der Waals surface area contributed by atoms with Gasteiger partial charge in [-0.1, -0.05) is 0 Å². The van der Waals surface area contributed by atoms with Crippen molar-refractivity contribution in [3.8, 4) is 6.07 Å². The van der Waals surface area contributed by atoms with Gasteiger partial charge in [0.05, 0.1) is 23.6 Å². The van der Waals surface area contributed by atoms with Crippen LogP contribution in [0.2, 0.25) is 0 Å². The quantitative estimate of drug-likeness (QED) is 0.915. The number of hydrogen-bond donors (Lipinski definition) is 1. The van der Waals surface area contributed by atoms with Crippen LogP contribution in [0.4, 0.5) is 18.9 Å². The van der Waals surface area contributed by atoms with Crippen molar-refractivity contribution in [2.24, 2.45) is 0 Å². The van der Waals surface area contributed by atoms with Gasteiger partial charge in [0.25, 0.3) is 0 Å². The largest absolute Gasteiger partial charge is 0.478 e. The summed E-state index contributed by atoms with van der Waals surface area (Å²) in [4.78, 5) is 12.0. The summed E-state index contributed by atoms with van der Waals surface area (Å²) in [6.45, 7) is 0.131. The van der Waals surface area contributed by atoms with E-state index in [1.54, 1.807) is 0 Å². The fourth-order valence-electron chi connectivity index (χ4n) is 1.57. The average Bonchev–Trinajstić information content (AvgIpc) is 2.34. The highest BCUT2D eigenvalue weighted by molar-refractivity contribution is 5.88. The number of carboxylic acid groups (broad SMARTS) is 1. The van der Waals surface area contributed by atoms with Crippen LogP contribution < -0.4 is 4.90 Å². The van der Waals surface area contributed by atoms with Gasteiger partial charge in [-0.2, -0.15) is 18.4 Å². The summed E-state index contributed by atoms with van der Waals surface area (Å²) < 4.78 is 38.7. The lowest BCUT2D eigenvalue weighted by Crippen LogP contribution is -2.22. The van der Waals surface area contributed by atoms with Crippen molar-refractivity contribution in [2.45, 2.75) is 12.6 Å². The molecule has 7 heteroatoms. The van der Waals surface area contributed by atoms with Gasteiger partial charge in [0, 0.05) is 19.3 Å². The van der Waals surface area contributed by atoms with Crippen LogP contribution in [0, 0.1) is 11.3 Å². The normalized spacial score (nSPS) is 10.9. The summed E-state index contributed by atoms with van der Waals surface area (Å²) in [5.74, 6) is -1.42. The fourth-order valence-corrected chi connectivity index (χ4v) is 1.57. The number of rotatable bonds is 4. The van der Waals surface area contributed by atoms with Gasteiger partial charge in [0.2, 0.25) is 0 Å². The zero-order valence-corrected chi connectivity index (χ0v) is 10.0. The summed E-state index contributed by atoms with van der Waals surface area (Å²) in [6.07, 6.45) is -4.57. The standard InChI is InChI=1S/C12H11F3N2O2/c1-17(6-2-5-16)10-4-3-8(11(18)19)7-9(10)12(13,14)15/h3-4,7H,2,6H2,1H3,(H,18,19). The second-order valence-electron chi connectivity index (χ2n) is 3.86. The Balaban J connectivity index is 3.24. The third-order valence-corrected chi connectivity index (χ3v) is 2.52. The molecule has 0 spiro atoms. The molecule has 0 aliphatic carbocycles. The maximum Gasteiger partial charge on any atom is 0.418 e. The predicted molar refractivity (Wildman–Crippen MR) is 61.9 cm³/mol. The van der Waals surface area contributed by atoms with Gasteiger partial charge in [-0.15, -0.1) is 0 Å². The van der Waals surface area contributed by atoms with Crippen LogP contribution in [0.25, 0.3) is 0 Å². The number of alkyl halides is 3. The smallest absolute Gasteiger partial charge is 0.418 e. The average molecular weight is 272 g/mol. The molecule has 0 aliphatic rings. The molecular weight excluding hydrogens is 261 g/mol. The number of benzene rings is 1. The molecule has 0 unspecified atom stereocenters. The van der Waals surface area contributed by atoms with Crippen LogP contribution in [0.15, 0.2) is 18.2 Å². The Labute approximate surface area is 107 Å². The van der Waals surface area contributed by atoms with E-state index in [1.807, 2.05) is 6.07 Å². The van der Waals surface area contributed by atoms with E-state index in [2.05, 4.69) is 0 Å². The number of nitrogens with zero attached hydrogens (tertiary/aromatic N) is 2. The Kier molecular flexibility index (Phi) is 4.38. The van der Waals surface area contributed by atoms with E-state index in [9.17, 15) is 18.0 Å². The summed E-state index contributed by atoms with van der Waals surface area (Å²) >= 11 is 0. The highest BCUT2D eigenvalue weighted by Gasteiger charge is 2.35. The van der Waals surface area contributed by atoms with E-state index in [4.69, 9.17) is 10.4 Å². The number of carboxylic acids is 1. The van der Waals surface area contributed by atoms with Gasteiger partial charge >= 0.3 is 12.1 Å². The maximum absolute atomic E-state index is 12.9. The SMILES string of the molecule is CN(CCC#N)c1ccc(C(=O)O)cc1C(F)(F)F. The first-order valence-electron chi connectivity index (χ1n) is 5.30. The minimum absolute atomic E-state index is 0.0779. The molecule has 1 rings (SSSR count). The first-order chi connectivity index (χ1) is 8.77. The second-order valence-corrected chi connectivity index (χ2v) is 3.86. The Morgan fingerprint density at radius 1 is 1.47 bits per heavy atom. The molecule has 0 heterocycles. The summed E-state index contributed by atoms with van der Waals surface area (Å²) in [5, 5.41) is 17.2. The maximum atomic E-state index is 12.9. The highest BCUT2D eigenvalue weighted by atomic mass is 19.4. The van der Waals surface area contributed by atoms with Crippen molar-refractivity contribution in [2.75, 3.05) is 18.5 Å². The molecule has 0 atom stereocenters. The fraction of sp³-hybridized carbons (Fsp3) is 0.333. The van der Waals surface area contributed by atoms with Crippen LogP contribution in [0.3, 0.4) is 0 Å². The van der Waals surface area contributed by atoms with Crippen LogP contribution in [0.5, 0.6) is 0 Å². The molecule has 0 bridgehead atoms. The number of anilines is 1. The van der Waals surface area contributed by atoms with Crippen LogP contribution in [-0.2, 0) is 6.18 Å². The molecule has 1 N–H and O–H groups in total. The van der Waals surface area contributed by atoms with Crippen molar-refractivity contribution in [3.05, 3.63) is 29.3 Å². The Hall–Kier alpha value is -2.23. The molecule has 0 saturated heterocycles.